The molecule has 0 aromatic carbocycles. The summed E-state index contributed by atoms with van der Waals surface area (Å²) in [6.45, 7) is 1.27. The first-order chi connectivity index (χ1) is 7.04. The highest BCUT2D eigenvalue weighted by molar-refractivity contribution is 7.90. The number of aliphatic hydroxyl groups excluding tert-OH is 1. The minimum atomic E-state index is -3.56. The van der Waals surface area contributed by atoms with E-state index in [1.807, 2.05) is 0 Å². The summed E-state index contributed by atoms with van der Waals surface area (Å²) in [4.78, 5) is 0. The second-order valence-electron chi connectivity index (χ2n) is 3.74. The summed E-state index contributed by atoms with van der Waals surface area (Å²) in [6.07, 6.45) is 2.68. The first-order valence-corrected chi connectivity index (χ1v) is 6.55. The van der Waals surface area contributed by atoms with Gasteiger partial charge in [-0.05, 0) is 19.8 Å². The average Bonchev–Trinajstić information content (AvgIpc) is 2.13. The van der Waals surface area contributed by atoms with Gasteiger partial charge in [0, 0.05) is 12.6 Å². The van der Waals surface area contributed by atoms with Crippen LogP contribution in [0.4, 0.5) is 0 Å². The number of aliphatic hydroxyl groups is 1. The topological polar surface area (TPSA) is 81.4 Å². The lowest BCUT2D eigenvalue weighted by atomic mass is 9.93. The molecule has 5 nitrogen and oxygen atoms in total. The van der Waals surface area contributed by atoms with Gasteiger partial charge >= 0.3 is 0 Å². The fourth-order valence-electron chi connectivity index (χ4n) is 1.56. The molecule has 0 aliphatic heterocycles. The molecule has 0 bridgehead atoms. The second kappa shape index (κ2) is 4.92. The lowest BCUT2D eigenvalue weighted by Gasteiger charge is -2.36. The van der Waals surface area contributed by atoms with Crippen molar-refractivity contribution in [2.24, 2.45) is 0 Å². The third-order valence-corrected chi connectivity index (χ3v) is 4.89. The highest BCUT2D eigenvalue weighted by atomic mass is 32.2. The lowest BCUT2D eigenvalue weighted by molar-refractivity contribution is 0.177. The molecule has 1 N–H and O–H groups in total. The summed E-state index contributed by atoms with van der Waals surface area (Å²) in [5.41, 5.74) is 0. The normalized spacial score (nSPS) is 19.6. The maximum atomic E-state index is 11.9. The number of sulfonamides is 1. The van der Waals surface area contributed by atoms with Crippen molar-refractivity contribution < 1.29 is 13.5 Å². The molecular weight excluding hydrogens is 216 g/mol. The van der Waals surface area contributed by atoms with E-state index in [0.717, 1.165) is 19.3 Å². The maximum Gasteiger partial charge on any atom is 0.230 e. The Morgan fingerprint density at radius 3 is 2.53 bits per heavy atom. The Morgan fingerprint density at radius 2 is 2.20 bits per heavy atom. The lowest BCUT2D eigenvalue weighted by Crippen LogP contribution is -2.48. The summed E-state index contributed by atoms with van der Waals surface area (Å²) in [6, 6.07) is 1.72. The first-order valence-electron chi connectivity index (χ1n) is 5.05. The van der Waals surface area contributed by atoms with Crippen LogP contribution in [-0.4, -0.2) is 42.3 Å². The van der Waals surface area contributed by atoms with E-state index in [9.17, 15) is 8.42 Å². The molecule has 1 aliphatic carbocycles. The van der Waals surface area contributed by atoms with Gasteiger partial charge in [0.25, 0.3) is 0 Å². The van der Waals surface area contributed by atoms with Crippen LogP contribution in [0.25, 0.3) is 0 Å². The van der Waals surface area contributed by atoms with Crippen LogP contribution in [0, 0.1) is 11.3 Å². The van der Waals surface area contributed by atoms with E-state index in [0.29, 0.717) is 0 Å². The number of rotatable bonds is 5. The number of nitriles is 1. The van der Waals surface area contributed by atoms with E-state index in [2.05, 4.69) is 0 Å². The van der Waals surface area contributed by atoms with Gasteiger partial charge in [-0.25, -0.2) is 8.42 Å². The molecule has 86 valence electrons. The van der Waals surface area contributed by atoms with Crippen LogP contribution in [0.3, 0.4) is 0 Å². The van der Waals surface area contributed by atoms with Gasteiger partial charge in [-0.15, -0.1) is 0 Å². The zero-order chi connectivity index (χ0) is 11.5. The number of nitrogens with zero attached hydrogens (tertiary/aromatic N) is 2. The van der Waals surface area contributed by atoms with Gasteiger partial charge in [-0.2, -0.15) is 9.57 Å². The van der Waals surface area contributed by atoms with E-state index in [1.54, 1.807) is 6.07 Å². The van der Waals surface area contributed by atoms with Crippen LogP contribution in [0.2, 0.25) is 0 Å². The molecule has 1 rings (SSSR count). The smallest absolute Gasteiger partial charge is 0.230 e. The number of hydrogen-bond donors (Lipinski definition) is 1. The molecule has 1 fully saturated rings. The van der Waals surface area contributed by atoms with Gasteiger partial charge < -0.3 is 5.11 Å². The van der Waals surface area contributed by atoms with Gasteiger partial charge in [0.05, 0.1) is 12.7 Å². The minimum absolute atomic E-state index is 0.0158. The largest absolute Gasteiger partial charge is 0.395 e. The molecule has 0 saturated heterocycles. The Bertz CT molecular complexity index is 343. The summed E-state index contributed by atoms with van der Waals surface area (Å²) in [5.74, 6) is 0. The van der Waals surface area contributed by atoms with Crippen LogP contribution in [0.5, 0.6) is 0 Å². The van der Waals surface area contributed by atoms with Crippen molar-refractivity contribution in [2.75, 3.05) is 13.2 Å². The predicted octanol–water partition coefficient (Wildman–Crippen LogP) is 0.0751. The second-order valence-corrected chi connectivity index (χ2v) is 5.94. The van der Waals surface area contributed by atoms with Gasteiger partial charge in [0.15, 0.2) is 5.25 Å². The third kappa shape index (κ3) is 2.48. The standard InChI is InChI=1S/C9H16N2O3S/c1-8(7-10)15(13,14)11(5-6-12)9-3-2-4-9/h8-9,12H,2-6H2,1H3. The molecule has 0 radical (unpaired) electrons. The van der Waals surface area contributed by atoms with Crippen molar-refractivity contribution in [3.05, 3.63) is 0 Å². The molecule has 1 unspecified atom stereocenters. The van der Waals surface area contributed by atoms with E-state index in [1.165, 1.54) is 11.2 Å². The fraction of sp³-hybridized carbons (Fsp3) is 0.889. The van der Waals surface area contributed by atoms with Crippen LogP contribution < -0.4 is 0 Å². The maximum absolute atomic E-state index is 11.9. The summed E-state index contributed by atoms with van der Waals surface area (Å²) < 4.78 is 25.0. The Balaban J connectivity index is 2.83. The summed E-state index contributed by atoms with van der Waals surface area (Å²) in [7, 11) is -3.56. The van der Waals surface area contributed by atoms with Crippen molar-refractivity contribution in [3.63, 3.8) is 0 Å². The molecule has 15 heavy (non-hydrogen) atoms. The zero-order valence-electron chi connectivity index (χ0n) is 8.76. The van der Waals surface area contributed by atoms with E-state index >= 15 is 0 Å². The molecule has 0 amide bonds. The Kier molecular flexibility index (Phi) is 4.08. The number of hydrogen-bond acceptors (Lipinski definition) is 4. The average molecular weight is 232 g/mol. The van der Waals surface area contributed by atoms with Crippen molar-refractivity contribution >= 4 is 10.0 Å². The molecule has 1 aliphatic rings. The highest BCUT2D eigenvalue weighted by Gasteiger charge is 2.36. The fourth-order valence-corrected chi connectivity index (χ4v) is 3.06. The van der Waals surface area contributed by atoms with Crippen molar-refractivity contribution in [2.45, 2.75) is 37.5 Å². The van der Waals surface area contributed by atoms with E-state index < -0.39 is 15.3 Å². The molecule has 1 saturated carbocycles. The van der Waals surface area contributed by atoms with Crippen molar-refractivity contribution in [1.82, 2.24) is 4.31 Å². The van der Waals surface area contributed by atoms with E-state index in [-0.39, 0.29) is 19.2 Å². The zero-order valence-corrected chi connectivity index (χ0v) is 9.57. The molecule has 0 heterocycles. The molecule has 1 atom stereocenters. The summed E-state index contributed by atoms with van der Waals surface area (Å²) >= 11 is 0. The van der Waals surface area contributed by atoms with E-state index in [4.69, 9.17) is 10.4 Å². The van der Waals surface area contributed by atoms with Crippen LogP contribution in [0.15, 0.2) is 0 Å². The molecule has 6 heteroatoms. The summed E-state index contributed by atoms with van der Waals surface area (Å²) in [5, 5.41) is 16.4. The Labute approximate surface area is 90.4 Å². The Hall–Kier alpha value is -0.640. The molecular formula is C9H16N2O3S. The van der Waals surface area contributed by atoms with Crippen molar-refractivity contribution in [3.8, 4) is 6.07 Å². The van der Waals surface area contributed by atoms with Crippen LogP contribution >= 0.6 is 0 Å². The van der Waals surface area contributed by atoms with Gasteiger partial charge in [0.1, 0.15) is 0 Å². The highest BCUT2D eigenvalue weighted by Crippen LogP contribution is 2.28. The SMILES string of the molecule is CC(C#N)S(=O)(=O)N(CCO)C1CCC1. The van der Waals surface area contributed by atoms with Crippen LogP contribution in [0.1, 0.15) is 26.2 Å². The quantitative estimate of drug-likeness (QED) is 0.727. The van der Waals surface area contributed by atoms with Gasteiger partial charge in [-0.1, -0.05) is 6.42 Å². The Morgan fingerprint density at radius 1 is 1.60 bits per heavy atom. The van der Waals surface area contributed by atoms with Crippen LogP contribution in [-0.2, 0) is 10.0 Å². The molecule has 0 spiro atoms. The molecule has 0 aromatic rings. The van der Waals surface area contributed by atoms with Gasteiger partial charge in [-0.3, -0.25) is 0 Å². The van der Waals surface area contributed by atoms with Crippen molar-refractivity contribution in [1.29, 1.82) is 5.26 Å². The minimum Gasteiger partial charge on any atom is -0.395 e. The predicted molar refractivity (Wildman–Crippen MR) is 55.4 cm³/mol. The van der Waals surface area contributed by atoms with Gasteiger partial charge in [0.2, 0.25) is 10.0 Å². The monoisotopic (exact) mass is 232 g/mol. The molecule has 0 aromatic heterocycles. The third-order valence-electron chi connectivity index (χ3n) is 2.76. The first kappa shape index (κ1) is 12.4.